The van der Waals surface area contributed by atoms with Crippen LogP contribution in [0.2, 0.25) is 0 Å². The van der Waals surface area contributed by atoms with Crippen molar-refractivity contribution >= 4 is 6.09 Å². The molecule has 0 heterocycles. The molecule has 3 heteroatoms. The van der Waals surface area contributed by atoms with E-state index in [0.29, 0.717) is 11.7 Å². The standard InChI is InChI=1S/C16H23NO2/c1-12(2)13-8-10-15(11-9-13)19-16(18)17-14-6-4-3-5-7-14/h8-12,14H,3-7H2,1-2H3,(H,17,18). The fourth-order valence-electron chi connectivity index (χ4n) is 2.47. The third-order valence-corrected chi connectivity index (χ3v) is 3.68. The summed E-state index contributed by atoms with van der Waals surface area (Å²) in [5, 5.41) is 2.94. The molecular weight excluding hydrogens is 238 g/mol. The Morgan fingerprint density at radius 1 is 1.16 bits per heavy atom. The van der Waals surface area contributed by atoms with E-state index in [9.17, 15) is 4.79 Å². The molecule has 0 bridgehead atoms. The van der Waals surface area contributed by atoms with Gasteiger partial charge < -0.3 is 10.1 Å². The molecule has 1 N–H and O–H groups in total. The summed E-state index contributed by atoms with van der Waals surface area (Å²) in [6.07, 6.45) is 5.50. The summed E-state index contributed by atoms with van der Waals surface area (Å²) in [5.41, 5.74) is 1.25. The average Bonchev–Trinajstić information content (AvgIpc) is 2.40. The van der Waals surface area contributed by atoms with E-state index in [1.807, 2.05) is 24.3 Å². The first-order valence-electron chi connectivity index (χ1n) is 7.23. The fourth-order valence-corrected chi connectivity index (χ4v) is 2.47. The third kappa shape index (κ3) is 4.27. The minimum absolute atomic E-state index is 0.288. The van der Waals surface area contributed by atoms with E-state index in [1.54, 1.807) is 0 Å². The molecule has 0 atom stereocenters. The van der Waals surface area contributed by atoms with Crippen LogP contribution >= 0.6 is 0 Å². The monoisotopic (exact) mass is 261 g/mol. The molecule has 1 aliphatic carbocycles. The molecule has 0 aliphatic heterocycles. The lowest BCUT2D eigenvalue weighted by Crippen LogP contribution is -2.37. The fraction of sp³-hybridized carbons (Fsp3) is 0.562. The summed E-state index contributed by atoms with van der Waals surface area (Å²) in [6, 6.07) is 8.02. The minimum Gasteiger partial charge on any atom is -0.410 e. The molecule has 104 valence electrons. The van der Waals surface area contributed by atoms with Crippen LogP contribution < -0.4 is 10.1 Å². The van der Waals surface area contributed by atoms with E-state index in [4.69, 9.17) is 4.74 Å². The van der Waals surface area contributed by atoms with Gasteiger partial charge in [-0.1, -0.05) is 45.2 Å². The van der Waals surface area contributed by atoms with Gasteiger partial charge in [-0.05, 0) is 36.5 Å². The number of benzene rings is 1. The zero-order chi connectivity index (χ0) is 13.7. The zero-order valence-electron chi connectivity index (χ0n) is 11.8. The van der Waals surface area contributed by atoms with Crippen molar-refractivity contribution in [1.82, 2.24) is 5.32 Å². The van der Waals surface area contributed by atoms with Gasteiger partial charge in [0.25, 0.3) is 0 Å². The largest absolute Gasteiger partial charge is 0.412 e. The van der Waals surface area contributed by atoms with E-state index in [2.05, 4.69) is 19.2 Å². The maximum Gasteiger partial charge on any atom is 0.412 e. The molecule has 1 aromatic rings. The lowest BCUT2D eigenvalue weighted by atomic mass is 9.96. The quantitative estimate of drug-likeness (QED) is 0.884. The molecule has 2 rings (SSSR count). The van der Waals surface area contributed by atoms with Crippen LogP contribution in [0.25, 0.3) is 0 Å². The average molecular weight is 261 g/mol. The van der Waals surface area contributed by atoms with Gasteiger partial charge in [0.05, 0.1) is 0 Å². The molecule has 1 amide bonds. The minimum atomic E-state index is -0.329. The van der Waals surface area contributed by atoms with Gasteiger partial charge in [-0.25, -0.2) is 4.79 Å². The van der Waals surface area contributed by atoms with Gasteiger partial charge in [0.15, 0.2) is 0 Å². The first kappa shape index (κ1) is 13.9. The Hall–Kier alpha value is -1.51. The molecule has 0 unspecified atom stereocenters. The molecule has 19 heavy (non-hydrogen) atoms. The van der Waals surface area contributed by atoms with Crippen LogP contribution in [-0.2, 0) is 0 Å². The molecule has 1 fully saturated rings. The predicted octanol–water partition coefficient (Wildman–Crippen LogP) is 4.23. The number of carbonyl (C=O) groups excluding carboxylic acids is 1. The van der Waals surface area contributed by atoms with E-state index in [0.717, 1.165) is 12.8 Å². The first-order valence-corrected chi connectivity index (χ1v) is 7.23. The Balaban J connectivity index is 1.84. The molecular formula is C16H23NO2. The van der Waals surface area contributed by atoms with Crippen molar-refractivity contribution < 1.29 is 9.53 Å². The highest BCUT2D eigenvalue weighted by atomic mass is 16.6. The molecule has 0 aromatic heterocycles. The first-order chi connectivity index (χ1) is 9.15. The van der Waals surface area contributed by atoms with Gasteiger partial charge in [0.1, 0.15) is 5.75 Å². The maximum absolute atomic E-state index is 11.8. The highest BCUT2D eigenvalue weighted by molar-refractivity contribution is 5.70. The number of rotatable bonds is 3. The van der Waals surface area contributed by atoms with Crippen LogP contribution in [0.15, 0.2) is 24.3 Å². The zero-order valence-corrected chi connectivity index (χ0v) is 11.8. The predicted molar refractivity (Wildman–Crippen MR) is 76.6 cm³/mol. The summed E-state index contributed by atoms with van der Waals surface area (Å²) < 4.78 is 5.30. The Labute approximate surface area is 115 Å². The van der Waals surface area contributed by atoms with Crippen molar-refractivity contribution in [3.05, 3.63) is 29.8 Å². The molecule has 0 radical (unpaired) electrons. The third-order valence-electron chi connectivity index (χ3n) is 3.68. The van der Waals surface area contributed by atoms with Gasteiger partial charge in [0.2, 0.25) is 0 Å². The number of hydrogen-bond donors (Lipinski definition) is 1. The smallest absolute Gasteiger partial charge is 0.410 e. The Kier molecular flexibility index (Phi) is 4.83. The summed E-state index contributed by atoms with van der Waals surface area (Å²) in [7, 11) is 0. The van der Waals surface area contributed by atoms with Crippen LogP contribution in [-0.4, -0.2) is 12.1 Å². The number of nitrogens with one attached hydrogen (secondary N) is 1. The van der Waals surface area contributed by atoms with Crippen molar-refractivity contribution in [2.24, 2.45) is 0 Å². The molecule has 1 aromatic carbocycles. The van der Waals surface area contributed by atoms with E-state index in [1.165, 1.54) is 24.8 Å². The summed E-state index contributed by atoms with van der Waals surface area (Å²) >= 11 is 0. The van der Waals surface area contributed by atoms with Crippen LogP contribution in [0, 0.1) is 0 Å². The highest BCUT2D eigenvalue weighted by Crippen LogP contribution is 2.20. The lowest BCUT2D eigenvalue weighted by molar-refractivity contribution is 0.192. The second-order valence-electron chi connectivity index (χ2n) is 5.59. The van der Waals surface area contributed by atoms with Gasteiger partial charge in [-0.15, -0.1) is 0 Å². The van der Waals surface area contributed by atoms with Crippen LogP contribution in [0.1, 0.15) is 57.4 Å². The Bertz CT molecular complexity index is 405. The lowest BCUT2D eigenvalue weighted by Gasteiger charge is -2.22. The number of amides is 1. The molecule has 1 aliphatic rings. The number of carbonyl (C=O) groups is 1. The van der Waals surface area contributed by atoms with Crippen molar-refractivity contribution in [3.8, 4) is 5.75 Å². The van der Waals surface area contributed by atoms with Crippen LogP contribution in [0.5, 0.6) is 5.75 Å². The number of hydrogen-bond acceptors (Lipinski definition) is 2. The highest BCUT2D eigenvalue weighted by Gasteiger charge is 2.16. The van der Waals surface area contributed by atoms with Crippen molar-refractivity contribution in [2.75, 3.05) is 0 Å². The second kappa shape index (κ2) is 6.60. The Morgan fingerprint density at radius 3 is 2.37 bits per heavy atom. The summed E-state index contributed by atoms with van der Waals surface area (Å²) in [5.74, 6) is 1.10. The normalized spacial score (nSPS) is 16.4. The molecule has 0 spiro atoms. The van der Waals surface area contributed by atoms with Gasteiger partial charge >= 0.3 is 6.09 Å². The van der Waals surface area contributed by atoms with E-state index < -0.39 is 0 Å². The molecule has 0 saturated heterocycles. The van der Waals surface area contributed by atoms with Crippen LogP contribution in [0.4, 0.5) is 4.79 Å². The summed E-state index contributed by atoms with van der Waals surface area (Å²) in [6.45, 7) is 4.29. The van der Waals surface area contributed by atoms with Gasteiger partial charge in [0, 0.05) is 6.04 Å². The van der Waals surface area contributed by atoms with E-state index in [-0.39, 0.29) is 12.1 Å². The maximum atomic E-state index is 11.8. The molecule has 1 saturated carbocycles. The van der Waals surface area contributed by atoms with Crippen molar-refractivity contribution in [2.45, 2.75) is 57.9 Å². The number of ether oxygens (including phenoxy) is 1. The summed E-state index contributed by atoms with van der Waals surface area (Å²) in [4.78, 5) is 11.8. The van der Waals surface area contributed by atoms with Crippen molar-refractivity contribution in [1.29, 1.82) is 0 Å². The molecule has 3 nitrogen and oxygen atoms in total. The van der Waals surface area contributed by atoms with E-state index >= 15 is 0 Å². The second-order valence-corrected chi connectivity index (χ2v) is 5.59. The SMILES string of the molecule is CC(C)c1ccc(OC(=O)NC2CCCCC2)cc1. The Morgan fingerprint density at radius 2 is 1.79 bits per heavy atom. The van der Waals surface area contributed by atoms with Gasteiger partial charge in [-0.2, -0.15) is 0 Å². The van der Waals surface area contributed by atoms with Crippen molar-refractivity contribution in [3.63, 3.8) is 0 Å². The topological polar surface area (TPSA) is 38.3 Å². The van der Waals surface area contributed by atoms with Gasteiger partial charge in [-0.3, -0.25) is 0 Å². The van der Waals surface area contributed by atoms with Crippen LogP contribution in [0.3, 0.4) is 0 Å².